The summed E-state index contributed by atoms with van der Waals surface area (Å²) in [4.78, 5) is 10.1. The molecule has 0 aromatic heterocycles. The molecule has 23 heavy (non-hydrogen) atoms. The molecule has 1 N–H and O–H groups in total. The molecule has 1 rings (SSSR count). The fraction of sp³-hybridized carbons (Fsp3) is 0.538. The quantitative estimate of drug-likeness (QED) is 0.269. The summed E-state index contributed by atoms with van der Waals surface area (Å²) in [5.74, 6) is 0. The molecule has 1 aromatic carbocycles. The van der Waals surface area contributed by atoms with Crippen molar-refractivity contribution in [3.05, 3.63) is 34.4 Å². The molecule has 0 radical (unpaired) electrons. The second-order valence-electron chi connectivity index (χ2n) is 5.90. The Balaban J connectivity index is 0.000000688. The minimum absolute atomic E-state index is 0.120. The summed E-state index contributed by atoms with van der Waals surface area (Å²) in [6, 6.07) is 6.83. The van der Waals surface area contributed by atoms with Gasteiger partial charge in [0.2, 0.25) is 10.4 Å². The third kappa shape index (κ3) is 11.5. The first-order valence-corrected chi connectivity index (χ1v) is 8.00. The van der Waals surface area contributed by atoms with Crippen molar-refractivity contribution in [1.29, 1.82) is 0 Å². The lowest BCUT2D eigenvalue weighted by molar-refractivity contribution is -0.870. The molecule has 0 amide bonds. The lowest BCUT2D eigenvalue weighted by atomic mass is 10.2. The predicted octanol–water partition coefficient (Wildman–Crippen LogP) is 1.19. The van der Waals surface area contributed by atoms with Crippen LogP contribution in [-0.2, 0) is 14.6 Å². The monoisotopic (exact) mass is 349 g/mol. The second kappa shape index (κ2) is 8.77. The SMILES string of the molecule is CC(C[N+](C)(C)C)Nc1ccc([N+](=O)[O-])cc1.COS(=O)(=O)[O-]. The highest BCUT2D eigenvalue weighted by atomic mass is 32.3. The molecule has 0 bridgehead atoms. The summed E-state index contributed by atoms with van der Waals surface area (Å²) in [6.45, 7) is 3.09. The van der Waals surface area contributed by atoms with Gasteiger partial charge in [0.05, 0.1) is 45.8 Å². The molecular formula is C13H23N3O6S. The molecular weight excluding hydrogens is 326 g/mol. The zero-order valence-corrected chi connectivity index (χ0v) is 14.7. The number of rotatable bonds is 6. The minimum Gasteiger partial charge on any atom is -0.726 e. The van der Waals surface area contributed by atoms with E-state index in [1.165, 1.54) is 12.1 Å². The predicted molar refractivity (Wildman–Crippen MR) is 85.8 cm³/mol. The summed E-state index contributed by atoms with van der Waals surface area (Å²) in [5, 5.41) is 13.8. The van der Waals surface area contributed by atoms with Gasteiger partial charge in [-0.3, -0.25) is 14.3 Å². The molecule has 0 aliphatic heterocycles. The highest BCUT2D eigenvalue weighted by Crippen LogP contribution is 2.16. The third-order valence-corrected chi connectivity index (χ3v) is 2.93. The average Bonchev–Trinajstić information content (AvgIpc) is 2.37. The first-order valence-electron chi connectivity index (χ1n) is 6.67. The Morgan fingerprint density at radius 1 is 1.26 bits per heavy atom. The van der Waals surface area contributed by atoms with Gasteiger partial charge in [0.25, 0.3) is 5.69 Å². The number of likely N-dealkylation sites (N-methyl/N-ethyl adjacent to an activating group) is 1. The molecule has 0 saturated carbocycles. The lowest BCUT2D eigenvalue weighted by Gasteiger charge is -2.28. The van der Waals surface area contributed by atoms with Crippen LogP contribution in [0.15, 0.2) is 24.3 Å². The number of nitro groups is 1. The van der Waals surface area contributed by atoms with Gasteiger partial charge in [0.1, 0.15) is 0 Å². The van der Waals surface area contributed by atoms with Gasteiger partial charge in [-0.1, -0.05) is 0 Å². The zero-order valence-electron chi connectivity index (χ0n) is 13.8. The Morgan fingerprint density at radius 2 is 1.70 bits per heavy atom. The summed E-state index contributed by atoms with van der Waals surface area (Å²) in [5.41, 5.74) is 1.03. The van der Waals surface area contributed by atoms with Gasteiger partial charge in [-0.05, 0) is 19.1 Å². The van der Waals surface area contributed by atoms with Crippen molar-refractivity contribution >= 4 is 21.8 Å². The Morgan fingerprint density at radius 3 is 2.00 bits per heavy atom. The summed E-state index contributed by atoms with van der Waals surface area (Å²) < 4.78 is 31.9. The smallest absolute Gasteiger partial charge is 0.269 e. The maximum atomic E-state index is 10.5. The van der Waals surface area contributed by atoms with Gasteiger partial charge < -0.3 is 14.4 Å². The molecule has 0 spiro atoms. The number of hydrogen-bond acceptors (Lipinski definition) is 7. The van der Waals surface area contributed by atoms with Gasteiger partial charge in [-0.15, -0.1) is 0 Å². The lowest BCUT2D eigenvalue weighted by Crippen LogP contribution is -2.43. The zero-order chi connectivity index (χ0) is 18.3. The standard InChI is InChI=1S/C12H20N3O2.CH4O4S/c1-10(9-15(2,3)4)13-11-5-7-12(8-6-11)14(16)17;1-5-6(2,3)4/h5-8,10,13H,9H2,1-4H3;1H3,(H,2,3,4)/q+1;/p-1. The molecule has 0 aliphatic carbocycles. The number of benzene rings is 1. The molecule has 0 saturated heterocycles. The van der Waals surface area contributed by atoms with Gasteiger partial charge in [-0.25, -0.2) is 8.42 Å². The number of nitrogens with one attached hydrogen (secondary N) is 1. The van der Waals surface area contributed by atoms with Crippen molar-refractivity contribution in [2.45, 2.75) is 13.0 Å². The number of hydrogen-bond donors (Lipinski definition) is 1. The van der Waals surface area contributed by atoms with E-state index >= 15 is 0 Å². The molecule has 132 valence electrons. The number of nitrogens with zero attached hydrogens (tertiary/aromatic N) is 2. The van der Waals surface area contributed by atoms with Crippen LogP contribution in [0.2, 0.25) is 0 Å². The molecule has 1 atom stereocenters. The van der Waals surface area contributed by atoms with E-state index in [1.54, 1.807) is 12.1 Å². The van der Waals surface area contributed by atoms with E-state index in [0.717, 1.165) is 23.8 Å². The third-order valence-electron chi connectivity index (χ3n) is 2.52. The van der Waals surface area contributed by atoms with Crippen LogP contribution in [0.5, 0.6) is 0 Å². The summed E-state index contributed by atoms with van der Waals surface area (Å²) >= 11 is 0. The van der Waals surface area contributed by atoms with Crippen LogP contribution in [0.1, 0.15) is 6.92 Å². The van der Waals surface area contributed by atoms with E-state index in [0.29, 0.717) is 6.04 Å². The molecule has 0 heterocycles. The topological polar surface area (TPSA) is 122 Å². The van der Waals surface area contributed by atoms with E-state index in [4.69, 9.17) is 0 Å². The van der Waals surface area contributed by atoms with Crippen molar-refractivity contribution < 1.29 is 26.6 Å². The molecule has 0 aliphatic rings. The van der Waals surface area contributed by atoms with Gasteiger partial charge in [-0.2, -0.15) is 0 Å². The highest BCUT2D eigenvalue weighted by molar-refractivity contribution is 7.80. The highest BCUT2D eigenvalue weighted by Gasteiger charge is 2.13. The van der Waals surface area contributed by atoms with E-state index in [-0.39, 0.29) is 10.6 Å². The largest absolute Gasteiger partial charge is 0.726 e. The minimum atomic E-state index is -4.41. The van der Waals surface area contributed by atoms with Gasteiger partial charge in [0, 0.05) is 17.8 Å². The van der Waals surface area contributed by atoms with Crippen LogP contribution in [0.4, 0.5) is 11.4 Å². The second-order valence-corrected chi connectivity index (χ2v) is 7.05. The van der Waals surface area contributed by atoms with E-state index < -0.39 is 10.4 Å². The van der Waals surface area contributed by atoms with Crippen molar-refractivity contribution in [1.82, 2.24) is 0 Å². The van der Waals surface area contributed by atoms with Crippen molar-refractivity contribution in [2.24, 2.45) is 0 Å². The maximum Gasteiger partial charge on any atom is 0.269 e. The molecule has 10 heteroatoms. The fourth-order valence-electron chi connectivity index (χ4n) is 1.83. The molecule has 9 nitrogen and oxygen atoms in total. The van der Waals surface area contributed by atoms with Crippen molar-refractivity contribution in [3.63, 3.8) is 0 Å². The van der Waals surface area contributed by atoms with Crippen molar-refractivity contribution in [2.75, 3.05) is 40.1 Å². The fourth-order valence-corrected chi connectivity index (χ4v) is 1.83. The number of non-ortho nitro benzene ring substituents is 1. The Hall–Kier alpha value is -1.75. The normalized spacial score (nSPS) is 12.8. The van der Waals surface area contributed by atoms with Gasteiger partial charge in [0.15, 0.2) is 0 Å². The Bertz CT molecular complexity index is 595. The number of anilines is 1. The van der Waals surface area contributed by atoms with Crippen LogP contribution in [-0.4, -0.2) is 63.2 Å². The molecule has 1 aromatic rings. The molecule has 0 fully saturated rings. The van der Waals surface area contributed by atoms with E-state index in [9.17, 15) is 23.1 Å². The van der Waals surface area contributed by atoms with Crippen LogP contribution in [0.25, 0.3) is 0 Å². The Labute approximate surface area is 136 Å². The number of quaternary nitrogens is 1. The van der Waals surface area contributed by atoms with Crippen LogP contribution >= 0.6 is 0 Å². The van der Waals surface area contributed by atoms with Crippen molar-refractivity contribution in [3.8, 4) is 0 Å². The maximum absolute atomic E-state index is 10.5. The summed E-state index contributed by atoms with van der Waals surface area (Å²) in [6.07, 6.45) is 0. The van der Waals surface area contributed by atoms with Gasteiger partial charge >= 0.3 is 0 Å². The Kier molecular flexibility index (Phi) is 8.10. The van der Waals surface area contributed by atoms with Crippen LogP contribution in [0.3, 0.4) is 0 Å². The van der Waals surface area contributed by atoms with Crippen LogP contribution in [0, 0.1) is 10.1 Å². The summed E-state index contributed by atoms with van der Waals surface area (Å²) in [7, 11) is 2.79. The average molecular weight is 349 g/mol. The van der Waals surface area contributed by atoms with E-state index in [1.807, 2.05) is 0 Å². The first-order chi connectivity index (χ1) is 10.3. The van der Waals surface area contributed by atoms with E-state index in [2.05, 4.69) is 37.6 Å². The van der Waals surface area contributed by atoms with Crippen LogP contribution < -0.4 is 5.32 Å². The molecule has 1 unspecified atom stereocenters. The first kappa shape index (κ1) is 21.2. The number of nitro benzene ring substituents is 1.